The molecule has 0 amide bonds. The third-order valence-corrected chi connectivity index (χ3v) is 3.47. The van der Waals surface area contributed by atoms with Gasteiger partial charge in [-0.3, -0.25) is 25.7 Å². The topological polar surface area (TPSA) is 138 Å². The van der Waals surface area contributed by atoms with Gasteiger partial charge in [-0.15, -0.1) is 0 Å². The van der Waals surface area contributed by atoms with E-state index in [0.29, 0.717) is 22.8 Å². The van der Waals surface area contributed by atoms with Crippen LogP contribution < -0.4 is 19.6 Å². The predicted molar refractivity (Wildman–Crippen MR) is 97.1 cm³/mol. The van der Waals surface area contributed by atoms with Crippen molar-refractivity contribution < 1.29 is 24.1 Å². The maximum atomic E-state index is 11.1. The minimum atomic E-state index is -0.732. The van der Waals surface area contributed by atoms with Gasteiger partial charge in [-0.25, -0.2) is 0 Å². The monoisotopic (exact) mass is 376 g/mol. The second kappa shape index (κ2) is 8.47. The molecule has 0 unspecified atom stereocenters. The third-order valence-electron chi connectivity index (χ3n) is 3.47. The maximum Gasteiger partial charge on any atom is 0.301 e. The number of nitrogens with zero attached hydrogens (tertiary/aromatic N) is 3. The number of hydrogen-bond donors (Lipinski definition) is 1. The molecule has 142 valence electrons. The number of rotatable bonds is 8. The van der Waals surface area contributed by atoms with Gasteiger partial charge in [0.15, 0.2) is 11.5 Å². The summed E-state index contributed by atoms with van der Waals surface area (Å²) in [7, 11) is 4.41. The summed E-state index contributed by atoms with van der Waals surface area (Å²) in [6, 6.07) is 6.48. The number of hydrogen-bond acceptors (Lipinski definition) is 9. The molecule has 11 heteroatoms. The lowest BCUT2D eigenvalue weighted by Gasteiger charge is -2.12. The van der Waals surface area contributed by atoms with E-state index in [2.05, 4.69) is 10.5 Å². The standard InChI is InChI=1S/C16H16N4O7/c1-25-14-6-10(7-15(26-2)16(14)27-3)9-17-18-12-5-4-11(19(21)22)8-13(12)20(23)24/h4-9,18H,1-3H3/b17-9+. The van der Waals surface area contributed by atoms with Crippen LogP contribution in [0.15, 0.2) is 35.4 Å². The van der Waals surface area contributed by atoms with Crippen molar-refractivity contribution in [2.45, 2.75) is 0 Å². The number of benzene rings is 2. The Hall–Kier alpha value is -3.89. The van der Waals surface area contributed by atoms with E-state index in [4.69, 9.17) is 14.2 Å². The number of nitro groups is 2. The molecule has 0 aliphatic heterocycles. The molecule has 0 aromatic heterocycles. The van der Waals surface area contributed by atoms with Crippen molar-refractivity contribution in [3.63, 3.8) is 0 Å². The maximum absolute atomic E-state index is 11.1. The molecule has 0 radical (unpaired) electrons. The van der Waals surface area contributed by atoms with Crippen molar-refractivity contribution in [1.29, 1.82) is 0 Å². The summed E-state index contributed by atoms with van der Waals surface area (Å²) >= 11 is 0. The lowest BCUT2D eigenvalue weighted by atomic mass is 10.2. The van der Waals surface area contributed by atoms with E-state index in [0.717, 1.165) is 12.1 Å². The van der Waals surface area contributed by atoms with Gasteiger partial charge in [-0.2, -0.15) is 5.10 Å². The van der Waals surface area contributed by atoms with E-state index in [-0.39, 0.29) is 11.4 Å². The van der Waals surface area contributed by atoms with Crippen LogP contribution >= 0.6 is 0 Å². The Labute approximate surface area is 153 Å². The van der Waals surface area contributed by atoms with E-state index >= 15 is 0 Å². The fraction of sp³-hybridized carbons (Fsp3) is 0.188. The number of anilines is 1. The molecular formula is C16H16N4O7. The van der Waals surface area contributed by atoms with Crippen LogP contribution in [0, 0.1) is 20.2 Å². The highest BCUT2D eigenvalue weighted by atomic mass is 16.6. The summed E-state index contributed by atoms with van der Waals surface area (Å²) in [6.45, 7) is 0. The second-order valence-corrected chi connectivity index (χ2v) is 5.04. The zero-order valence-corrected chi connectivity index (χ0v) is 14.7. The van der Waals surface area contributed by atoms with Crippen LogP contribution in [-0.4, -0.2) is 37.4 Å². The minimum absolute atomic E-state index is 0.00860. The Morgan fingerprint density at radius 3 is 2.07 bits per heavy atom. The van der Waals surface area contributed by atoms with Gasteiger partial charge < -0.3 is 14.2 Å². The molecule has 0 spiro atoms. The Bertz CT molecular complexity index is 873. The van der Waals surface area contributed by atoms with Gasteiger partial charge in [0.1, 0.15) is 5.69 Å². The van der Waals surface area contributed by atoms with Crippen molar-refractivity contribution in [3.8, 4) is 17.2 Å². The molecular weight excluding hydrogens is 360 g/mol. The Morgan fingerprint density at radius 2 is 1.59 bits per heavy atom. The van der Waals surface area contributed by atoms with Crippen LogP contribution in [0.5, 0.6) is 17.2 Å². The predicted octanol–water partition coefficient (Wildman–Crippen LogP) is 2.97. The number of nitrogens with one attached hydrogen (secondary N) is 1. The Balaban J connectivity index is 2.30. The molecule has 0 fully saturated rings. The van der Waals surface area contributed by atoms with E-state index < -0.39 is 15.5 Å². The molecule has 11 nitrogen and oxygen atoms in total. The van der Waals surface area contributed by atoms with E-state index in [1.54, 1.807) is 12.1 Å². The zero-order chi connectivity index (χ0) is 20.0. The van der Waals surface area contributed by atoms with E-state index in [1.807, 2.05) is 0 Å². The third kappa shape index (κ3) is 4.39. The molecule has 0 aliphatic rings. The summed E-state index contributed by atoms with van der Waals surface area (Å²) in [6.07, 6.45) is 1.38. The average Bonchev–Trinajstić information content (AvgIpc) is 2.66. The fourth-order valence-corrected chi connectivity index (χ4v) is 2.23. The highest BCUT2D eigenvalue weighted by molar-refractivity contribution is 5.83. The lowest BCUT2D eigenvalue weighted by Crippen LogP contribution is -1.99. The molecule has 0 saturated carbocycles. The highest BCUT2D eigenvalue weighted by Crippen LogP contribution is 2.37. The minimum Gasteiger partial charge on any atom is -0.493 e. The first-order chi connectivity index (χ1) is 12.9. The van der Waals surface area contributed by atoms with Gasteiger partial charge in [0.25, 0.3) is 5.69 Å². The van der Waals surface area contributed by atoms with Gasteiger partial charge in [0, 0.05) is 11.6 Å². The zero-order valence-electron chi connectivity index (χ0n) is 14.7. The first-order valence-electron chi connectivity index (χ1n) is 7.43. The van der Waals surface area contributed by atoms with Gasteiger partial charge in [0.2, 0.25) is 5.75 Å². The number of non-ortho nitro benzene ring substituents is 1. The number of nitro benzene ring substituents is 2. The molecule has 2 rings (SSSR count). The first-order valence-corrected chi connectivity index (χ1v) is 7.43. The van der Waals surface area contributed by atoms with Crippen molar-refractivity contribution in [3.05, 3.63) is 56.1 Å². The van der Waals surface area contributed by atoms with Crippen molar-refractivity contribution in [2.75, 3.05) is 26.8 Å². The van der Waals surface area contributed by atoms with Crippen LogP contribution in [0.2, 0.25) is 0 Å². The molecule has 0 aliphatic carbocycles. The number of ether oxygens (including phenoxy) is 3. The highest BCUT2D eigenvalue weighted by Gasteiger charge is 2.19. The van der Waals surface area contributed by atoms with Crippen LogP contribution in [0.3, 0.4) is 0 Å². The van der Waals surface area contributed by atoms with Crippen LogP contribution in [0.1, 0.15) is 5.56 Å². The molecule has 1 N–H and O–H groups in total. The molecule has 0 bridgehead atoms. The van der Waals surface area contributed by atoms with Crippen molar-refractivity contribution in [1.82, 2.24) is 0 Å². The smallest absolute Gasteiger partial charge is 0.301 e. The first kappa shape index (κ1) is 19.4. The Kier molecular flexibility index (Phi) is 6.10. The quantitative estimate of drug-likeness (QED) is 0.421. The molecule has 27 heavy (non-hydrogen) atoms. The van der Waals surface area contributed by atoms with E-state index in [1.165, 1.54) is 33.6 Å². The van der Waals surface area contributed by atoms with Gasteiger partial charge in [-0.05, 0) is 18.2 Å². The summed E-state index contributed by atoms with van der Waals surface area (Å²) < 4.78 is 15.7. The van der Waals surface area contributed by atoms with Gasteiger partial charge in [-0.1, -0.05) is 0 Å². The largest absolute Gasteiger partial charge is 0.493 e. The van der Waals surface area contributed by atoms with E-state index in [9.17, 15) is 20.2 Å². The lowest BCUT2D eigenvalue weighted by molar-refractivity contribution is -0.393. The molecule has 2 aromatic carbocycles. The SMILES string of the molecule is COc1cc(/C=N/Nc2ccc([N+](=O)[O-])cc2[N+](=O)[O-])cc(OC)c1OC. The summed E-state index contributed by atoms with van der Waals surface area (Å²) in [5.74, 6) is 1.25. The number of methoxy groups -OCH3 is 3. The van der Waals surface area contributed by atoms with Crippen molar-refractivity contribution in [2.24, 2.45) is 5.10 Å². The van der Waals surface area contributed by atoms with Gasteiger partial charge >= 0.3 is 5.69 Å². The average molecular weight is 376 g/mol. The molecule has 2 aromatic rings. The number of hydrazone groups is 1. The molecule has 0 saturated heterocycles. The summed E-state index contributed by atoms with van der Waals surface area (Å²) in [4.78, 5) is 20.4. The summed E-state index contributed by atoms with van der Waals surface area (Å²) in [5.41, 5.74) is 2.23. The Morgan fingerprint density at radius 1 is 0.963 bits per heavy atom. The molecule has 0 heterocycles. The van der Waals surface area contributed by atoms with Crippen LogP contribution in [0.4, 0.5) is 17.1 Å². The second-order valence-electron chi connectivity index (χ2n) is 5.04. The van der Waals surface area contributed by atoms with Crippen LogP contribution in [0.25, 0.3) is 0 Å². The van der Waals surface area contributed by atoms with Gasteiger partial charge in [0.05, 0.1) is 43.5 Å². The fourth-order valence-electron chi connectivity index (χ4n) is 2.23. The summed E-state index contributed by atoms with van der Waals surface area (Å²) in [5, 5.41) is 25.8. The van der Waals surface area contributed by atoms with Crippen molar-refractivity contribution >= 4 is 23.3 Å². The molecule has 0 atom stereocenters. The van der Waals surface area contributed by atoms with Crippen LogP contribution in [-0.2, 0) is 0 Å². The normalized spacial score (nSPS) is 10.5.